The van der Waals surface area contributed by atoms with E-state index in [1.54, 1.807) is 0 Å². The van der Waals surface area contributed by atoms with Gasteiger partial charge in [0.15, 0.2) is 0 Å². The van der Waals surface area contributed by atoms with Gasteiger partial charge < -0.3 is 20.6 Å². The van der Waals surface area contributed by atoms with E-state index in [1.165, 1.54) is 0 Å². The van der Waals surface area contributed by atoms with Crippen LogP contribution in [0.3, 0.4) is 0 Å². The quantitative estimate of drug-likeness (QED) is 0.613. The van der Waals surface area contributed by atoms with Gasteiger partial charge in [-0.05, 0) is 55.3 Å². The normalized spacial score (nSPS) is 42.0. The molecule has 2 aliphatic rings. The molecule has 152 valence electrons. The van der Waals surface area contributed by atoms with Gasteiger partial charge in [-0.3, -0.25) is 4.79 Å². The third-order valence-corrected chi connectivity index (χ3v) is 7.79. The van der Waals surface area contributed by atoms with E-state index in [0.717, 1.165) is 12.8 Å². The lowest BCUT2D eigenvalue weighted by molar-refractivity contribution is -0.186. The number of amides is 1. The lowest BCUT2D eigenvalue weighted by atomic mass is 9.46. The molecule has 5 nitrogen and oxygen atoms in total. The number of hydrogen-bond acceptors (Lipinski definition) is 4. The van der Waals surface area contributed by atoms with E-state index in [2.05, 4.69) is 33.0 Å². The molecular formula is C21H39NO4. The summed E-state index contributed by atoms with van der Waals surface area (Å²) >= 11 is 0. The Kier molecular flexibility index (Phi) is 6.16. The van der Waals surface area contributed by atoms with Crippen molar-refractivity contribution in [1.29, 1.82) is 0 Å². The smallest absolute Gasteiger partial charge is 0.220 e. The van der Waals surface area contributed by atoms with Gasteiger partial charge in [0.25, 0.3) is 0 Å². The zero-order chi connectivity index (χ0) is 19.9. The molecule has 0 aromatic rings. The number of carbonyl (C=O) groups excluding carboxylic acids is 1. The van der Waals surface area contributed by atoms with Gasteiger partial charge in [0.05, 0.1) is 18.8 Å². The van der Waals surface area contributed by atoms with Crippen LogP contribution >= 0.6 is 0 Å². The van der Waals surface area contributed by atoms with Crippen LogP contribution in [0.1, 0.15) is 73.6 Å². The number of carbonyl (C=O) groups is 1. The standard InChI is InChI=1S/C21H39NO4/c1-13(19(2,3)4)22-18(26)11-14-15(24)7-8-16-20(14,5)10-9-17(25)21(16,6)12-23/h13-17,23-25H,7-12H2,1-6H3,(H,22,26)/t13-,14-,15-,16?,17-,20+,21+/m1/s1. The molecule has 0 heterocycles. The SMILES string of the molecule is C[C@@H](NC(=O)C[C@@H]1[C@H](O)CCC2[C@](C)(CO)[C@H](O)CC[C@]21C)C(C)(C)C. The Morgan fingerprint density at radius 2 is 1.81 bits per heavy atom. The molecule has 2 saturated carbocycles. The van der Waals surface area contributed by atoms with Crippen molar-refractivity contribution in [3.05, 3.63) is 0 Å². The maximum absolute atomic E-state index is 12.7. The summed E-state index contributed by atoms with van der Waals surface area (Å²) in [5.74, 6) is -0.0630. The van der Waals surface area contributed by atoms with Crippen molar-refractivity contribution >= 4 is 5.91 Å². The zero-order valence-electron chi connectivity index (χ0n) is 17.4. The van der Waals surface area contributed by atoms with Crippen LogP contribution in [0, 0.1) is 28.1 Å². The summed E-state index contributed by atoms with van der Waals surface area (Å²) < 4.78 is 0. The molecule has 2 aliphatic carbocycles. The van der Waals surface area contributed by atoms with E-state index in [4.69, 9.17) is 0 Å². The van der Waals surface area contributed by atoms with Gasteiger partial charge in [0.2, 0.25) is 5.91 Å². The minimum absolute atomic E-state index is 0.0162. The van der Waals surface area contributed by atoms with Crippen LogP contribution in [0.2, 0.25) is 0 Å². The van der Waals surface area contributed by atoms with Crippen LogP contribution in [0.15, 0.2) is 0 Å². The Labute approximate surface area is 158 Å². The summed E-state index contributed by atoms with van der Waals surface area (Å²) in [6.45, 7) is 12.3. The second-order valence-electron chi connectivity index (χ2n) is 10.4. The zero-order valence-corrected chi connectivity index (χ0v) is 17.4. The highest BCUT2D eigenvalue weighted by Gasteiger charge is 2.59. The largest absolute Gasteiger partial charge is 0.396 e. The lowest BCUT2D eigenvalue weighted by Gasteiger charge is -2.60. The van der Waals surface area contributed by atoms with Gasteiger partial charge in [-0.2, -0.15) is 0 Å². The van der Waals surface area contributed by atoms with E-state index in [9.17, 15) is 20.1 Å². The molecule has 0 aromatic carbocycles. The van der Waals surface area contributed by atoms with Crippen LogP contribution in [0.25, 0.3) is 0 Å². The van der Waals surface area contributed by atoms with Crippen molar-refractivity contribution in [1.82, 2.24) is 5.32 Å². The van der Waals surface area contributed by atoms with Gasteiger partial charge >= 0.3 is 0 Å². The van der Waals surface area contributed by atoms with Crippen molar-refractivity contribution in [3.8, 4) is 0 Å². The molecule has 5 heteroatoms. The molecule has 0 aliphatic heterocycles. The molecule has 1 unspecified atom stereocenters. The van der Waals surface area contributed by atoms with Gasteiger partial charge in [-0.1, -0.05) is 34.6 Å². The summed E-state index contributed by atoms with van der Waals surface area (Å²) in [6.07, 6.45) is 2.04. The fourth-order valence-electron chi connectivity index (χ4n) is 5.32. The van der Waals surface area contributed by atoms with Gasteiger partial charge in [0, 0.05) is 17.9 Å². The predicted octanol–water partition coefficient (Wildman–Crippen LogP) is 2.47. The van der Waals surface area contributed by atoms with Crippen LogP contribution in [0.4, 0.5) is 0 Å². The molecule has 2 fully saturated rings. The fraction of sp³-hybridized carbons (Fsp3) is 0.952. The Morgan fingerprint density at radius 1 is 1.19 bits per heavy atom. The highest BCUT2D eigenvalue weighted by molar-refractivity contribution is 5.76. The number of rotatable bonds is 4. The summed E-state index contributed by atoms with van der Waals surface area (Å²) in [7, 11) is 0. The first-order valence-electron chi connectivity index (χ1n) is 10.1. The lowest BCUT2D eigenvalue weighted by Crippen LogP contribution is -2.60. The second kappa shape index (κ2) is 7.40. The molecule has 0 aromatic heterocycles. The first-order valence-corrected chi connectivity index (χ1v) is 10.1. The Morgan fingerprint density at radius 3 is 2.35 bits per heavy atom. The number of fused-ring (bicyclic) bond motifs is 1. The fourth-order valence-corrected chi connectivity index (χ4v) is 5.32. The van der Waals surface area contributed by atoms with Crippen LogP contribution in [-0.4, -0.2) is 46.1 Å². The molecule has 0 spiro atoms. The molecule has 4 N–H and O–H groups in total. The Bertz CT molecular complexity index is 517. The summed E-state index contributed by atoms with van der Waals surface area (Å²) in [6, 6.07) is 0.0511. The first kappa shape index (κ1) is 21.6. The van der Waals surface area contributed by atoms with Crippen molar-refractivity contribution < 1.29 is 20.1 Å². The molecular weight excluding hydrogens is 330 g/mol. The summed E-state index contributed by atoms with van der Waals surface area (Å²) in [5, 5.41) is 34.4. The molecule has 0 bridgehead atoms. The second-order valence-corrected chi connectivity index (χ2v) is 10.4. The van der Waals surface area contributed by atoms with E-state index in [1.807, 2.05) is 13.8 Å². The third kappa shape index (κ3) is 3.81. The molecule has 0 saturated heterocycles. The summed E-state index contributed by atoms with van der Waals surface area (Å²) in [5.41, 5.74) is -0.838. The maximum atomic E-state index is 12.7. The number of aliphatic hydroxyl groups excluding tert-OH is 3. The first-order chi connectivity index (χ1) is 11.9. The van der Waals surface area contributed by atoms with Gasteiger partial charge in [-0.25, -0.2) is 0 Å². The summed E-state index contributed by atoms with van der Waals surface area (Å²) in [4.78, 5) is 12.7. The highest BCUT2D eigenvalue weighted by atomic mass is 16.3. The average Bonchev–Trinajstić information content (AvgIpc) is 2.54. The van der Waals surface area contributed by atoms with E-state index in [-0.39, 0.29) is 41.2 Å². The molecule has 7 atom stereocenters. The topological polar surface area (TPSA) is 89.8 Å². The Balaban J connectivity index is 2.20. The predicted molar refractivity (Wildman–Crippen MR) is 102 cm³/mol. The minimum atomic E-state index is -0.569. The minimum Gasteiger partial charge on any atom is -0.396 e. The third-order valence-electron chi connectivity index (χ3n) is 7.79. The van der Waals surface area contributed by atoms with Crippen LogP contribution < -0.4 is 5.32 Å². The number of aliphatic hydroxyl groups is 3. The number of hydrogen-bond donors (Lipinski definition) is 4. The van der Waals surface area contributed by atoms with Crippen molar-refractivity contribution in [3.63, 3.8) is 0 Å². The van der Waals surface area contributed by atoms with Crippen molar-refractivity contribution in [2.45, 2.75) is 91.9 Å². The van der Waals surface area contributed by atoms with Crippen molar-refractivity contribution in [2.24, 2.45) is 28.1 Å². The highest BCUT2D eigenvalue weighted by Crippen LogP contribution is 2.60. The molecule has 0 radical (unpaired) electrons. The average molecular weight is 370 g/mol. The van der Waals surface area contributed by atoms with E-state index >= 15 is 0 Å². The van der Waals surface area contributed by atoms with Crippen LogP contribution in [-0.2, 0) is 4.79 Å². The van der Waals surface area contributed by atoms with Crippen molar-refractivity contribution in [2.75, 3.05) is 6.61 Å². The molecule has 2 rings (SSSR count). The number of nitrogens with one attached hydrogen (secondary N) is 1. The van der Waals surface area contributed by atoms with E-state index in [0.29, 0.717) is 19.3 Å². The van der Waals surface area contributed by atoms with Gasteiger partial charge in [0.1, 0.15) is 0 Å². The van der Waals surface area contributed by atoms with E-state index < -0.39 is 17.6 Å². The van der Waals surface area contributed by atoms with Crippen LogP contribution in [0.5, 0.6) is 0 Å². The molecule has 26 heavy (non-hydrogen) atoms. The Hall–Kier alpha value is -0.650. The molecule has 1 amide bonds. The monoisotopic (exact) mass is 369 g/mol. The van der Waals surface area contributed by atoms with Gasteiger partial charge in [-0.15, -0.1) is 0 Å². The maximum Gasteiger partial charge on any atom is 0.220 e.